The Hall–Kier alpha value is -1.14. The molecule has 0 aromatic rings. The van der Waals surface area contributed by atoms with Crippen molar-refractivity contribution in [1.29, 1.82) is 0 Å². The summed E-state index contributed by atoms with van der Waals surface area (Å²) in [5, 5.41) is 3.21. The van der Waals surface area contributed by atoms with Gasteiger partial charge in [-0.25, -0.2) is 0 Å². The minimum absolute atomic E-state index is 0.146. The van der Waals surface area contributed by atoms with Crippen molar-refractivity contribution in [3.63, 3.8) is 0 Å². The van der Waals surface area contributed by atoms with Gasteiger partial charge in [-0.15, -0.1) is 0 Å². The Labute approximate surface area is 141 Å². The van der Waals surface area contributed by atoms with Gasteiger partial charge in [0.1, 0.15) is 0 Å². The Bertz CT molecular complexity index is 371. The third-order valence-corrected chi connectivity index (χ3v) is 4.23. The normalized spacial score (nSPS) is 19.6. The second-order valence-corrected chi connectivity index (χ2v) is 7.01. The van der Waals surface area contributed by atoms with Gasteiger partial charge in [0.25, 0.3) is 0 Å². The fraction of sp³-hybridized carbons (Fsp3) is 0.882. The molecule has 6 heteroatoms. The number of amides is 2. The lowest BCUT2D eigenvalue weighted by atomic mass is 10.2. The van der Waals surface area contributed by atoms with E-state index in [1.165, 1.54) is 0 Å². The summed E-state index contributed by atoms with van der Waals surface area (Å²) in [5.74, 6) is 0.871. The molecule has 6 nitrogen and oxygen atoms in total. The van der Waals surface area contributed by atoms with Crippen LogP contribution >= 0.6 is 0 Å². The number of carbonyl (C=O) groups excluding carboxylic acids is 2. The Morgan fingerprint density at radius 1 is 0.739 bits per heavy atom. The molecule has 0 atom stereocenters. The molecule has 23 heavy (non-hydrogen) atoms. The van der Waals surface area contributed by atoms with Crippen LogP contribution in [0.15, 0.2) is 0 Å². The van der Waals surface area contributed by atoms with Gasteiger partial charge in [-0.2, -0.15) is 0 Å². The SMILES string of the molecule is CC(C)C(=O)N1CCN(C)CC1.CC(C)C(=O)N1CCNCC1. The highest BCUT2D eigenvalue weighted by Gasteiger charge is 2.20. The van der Waals surface area contributed by atoms with Gasteiger partial charge in [-0.1, -0.05) is 27.7 Å². The second kappa shape index (κ2) is 9.88. The molecule has 0 aromatic heterocycles. The second-order valence-electron chi connectivity index (χ2n) is 7.01. The molecule has 2 rings (SSSR count). The molecule has 0 unspecified atom stereocenters. The number of hydrogen-bond donors (Lipinski definition) is 1. The first-order chi connectivity index (χ1) is 10.8. The van der Waals surface area contributed by atoms with E-state index in [9.17, 15) is 9.59 Å². The van der Waals surface area contributed by atoms with Crippen LogP contribution < -0.4 is 5.32 Å². The van der Waals surface area contributed by atoms with Crippen LogP contribution in [-0.4, -0.2) is 85.9 Å². The van der Waals surface area contributed by atoms with E-state index in [2.05, 4.69) is 17.3 Å². The maximum absolute atomic E-state index is 11.5. The Balaban J connectivity index is 0.000000231. The number of piperazine rings is 2. The molecule has 134 valence electrons. The molecule has 0 spiro atoms. The monoisotopic (exact) mass is 326 g/mol. The topological polar surface area (TPSA) is 55.9 Å². The number of hydrogen-bond acceptors (Lipinski definition) is 4. The quantitative estimate of drug-likeness (QED) is 0.802. The summed E-state index contributed by atoms with van der Waals surface area (Å²) in [6, 6.07) is 0. The van der Waals surface area contributed by atoms with Crippen LogP contribution in [0.2, 0.25) is 0 Å². The van der Waals surface area contributed by atoms with E-state index in [1.807, 2.05) is 37.5 Å². The van der Waals surface area contributed by atoms with Crippen LogP contribution in [-0.2, 0) is 9.59 Å². The number of carbonyl (C=O) groups is 2. The number of nitrogens with zero attached hydrogens (tertiary/aromatic N) is 3. The van der Waals surface area contributed by atoms with Gasteiger partial charge in [-0.05, 0) is 7.05 Å². The van der Waals surface area contributed by atoms with Gasteiger partial charge in [0.15, 0.2) is 0 Å². The first-order valence-electron chi connectivity index (χ1n) is 8.79. The van der Waals surface area contributed by atoms with Gasteiger partial charge in [0, 0.05) is 64.2 Å². The number of likely N-dealkylation sites (N-methyl/N-ethyl adjacent to an activating group) is 1. The lowest BCUT2D eigenvalue weighted by Gasteiger charge is -2.33. The highest BCUT2D eigenvalue weighted by molar-refractivity contribution is 5.78. The van der Waals surface area contributed by atoms with Crippen LogP contribution in [0.3, 0.4) is 0 Å². The summed E-state index contributed by atoms with van der Waals surface area (Å²) in [5.41, 5.74) is 0. The van der Waals surface area contributed by atoms with E-state index < -0.39 is 0 Å². The van der Waals surface area contributed by atoms with E-state index in [0.717, 1.165) is 52.4 Å². The first kappa shape index (κ1) is 19.9. The van der Waals surface area contributed by atoms with Gasteiger partial charge in [0.05, 0.1) is 0 Å². The molecule has 2 amide bonds. The number of nitrogens with one attached hydrogen (secondary N) is 1. The van der Waals surface area contributed by atoms with Crippen molar-refractivity contribution in [1.82, 2.24) is 20.0 Å². The Morgan fingerprint density at radius 3 is 1.52 bits per heavy atom. The minimum Gasteiger partial charge on any atom is -0.340 e. The van der Waals surface area contributed by atoms with Crippen LogP contribution in [0, 0.1) is 11.8 Å². The maximum Gasteiger partial charge on any atom is 0.225 e. The summed E-state index contributed by atoms with van der Waals surface area (Å²) in [6.45, 7) is 15.3. The molecule has 0 bridgehead atoms. The van der Waals surface area contributed by atoms with E-state index in [-0.39, 0.29) is 17.7 Å². The molecule has 0 aromatic carbocycles. The zero-order valence-electron chi connectivity index (χ0n) is 15.5. The summed E-state index contributed by atoms with van der Waals surface area (Å²) >= 11 is 0. The molecular weight excluding hydrogens is 292 g/mol. The largest absolute Gasteiger partial charge is 0.340 e. The van der Waals surface area contributed by atoms with Crippen molar-refractivity contribution in [3.8, 4) is 0 Å². The van der Waals surface area contributed by atoms with Crippen molar-refractivity contribution in [2.75, 3.05) is 59.4 Å². The molecule has 2 saturated heterocycles. The maximum atomic E-state index is 11.5. The highest BCUT2D eigenvalue weighted by atomic mass is 16.2. The van der Waals surface area contributed by atoms with Gasteiger partial charge in [0.2, 0.25) is 11.8 Å². The van der Waals surface area contributed by atoms with Crippen molar-refractivity contribution < 1.29 is 9.59 Å². The van der Waals surface area contributed by atoms with Crippen LogP contribution in [0.1, 0.15) is 27.7 Å². The van der Waals surface area contributed by atoms with E-state index in [4.69, 9.17) is 0 Å². The fourth-order valence-electron chi connectivity index (χ4n) is 2.64. The lowest BCUT2D eigenvalue weighted by Crippen LogP contribution is -2.48. The van der Waals surface area contributed by atoms with Gasteiger partial charge < -0.3 is 20.0 Å². The number of rotatable bonds is 2. The molecule has 2 aliphatic heterocycles. The van der Waals surface area contributed by atoms with Gasteiger partial charge >= 0.3 is 0 Å². The molecule has 0 saturated carbocycles. The lowest BCUT2D eigenvalue weighted by molar-refractivity contribution is -0.136. The molecule has 1 N–H and O–H groups in total. The Kier molecular flexibility index (Phi) is 8.55. The highest BCUT2D eigenvalue weighted by Crippen LogP contribution is 2.05. The van der Waals surface area contributed by atoms with Gasteiger partial charge in [-0.3, -0.25) is 9.59 Å². The van der Waals surface area contributed by atoms with Crippen molar-refractivity contribution >= 4 is 11.8 Å². The summed E-state index contributed by atoms with van der Waals surface area (Å²) < 4.78 is 0. The molecule has 2 heterocycles. The molecule has 0 aliphatic carbocycles. The smallest absolute Gasteiger partial charge is 0.225 e. The van der Waals surface area contributed by atoms with E-state index in [1.54, 1.807) is 0 Å². The molecular formula is C17H34N4O2. The predicted molar refractivity (Wildman–Crippen MR) is 93.2 cm³/mol. The van der Waals surface area contributed by atoms with E-state index >= 15 is 0 Å². The van der Waals surface area contributed by atoms with E-state index in [0.29, 0.717) is 5.91 Å². The minimum atomic E-state index is 0.146. The third kappa shape index (κ3) is 6.87. The molecule has 2 aliphatic rings. The first-order valence-corrected chi connectivity index (χ1v) is 8.79. The third-order valence-electron chi connectivity index (χ3n) is 4.23. The zero-order valence-corrected chi connectivity index (χ0v) is 15.5. The van der Waals surface area contributed by atoms with Crippen molar-refractivity contribution in [2.24, 2.45) is 11.8 Å². The zero-order chi connectivity index (χ0) is 17.4. The average molecular weight is 326 g/mol. The standard InChI is InChI=1S/C9H18N2O.C8H16N2O/c1-8(2)9(12)11-6-4-10(3)5-7-11;1-7(2)8(11)10-5-3-9-4-6-10/h8H,4-7H2,1-3H3;7,9H,3-6H2,1-2H3. The average Bonchev–Trinajstić information content (AvgIpc) is 2.55. The van der Waals surface area contributed by atoms with Crippen LogP contribution in [0.25, 0.3) is 0 Å². The summed E-state index contributed by atoms with van der Waals surface area (Å²) in [4.78, 5) is 29.1. The summed E-state index contributed by atoms with van der Waals surface area (Å²) in [7, 11) is 2.09. The summed E-state index contributed by atoms with van der Waals surface area (Å²) in [6.07, 6.45) is 0. The molecule has 2 fully saturated rings. The predicted octanol–water partition coefficient (Wildman–Crippen LogP) is 0.491. The Morgan fingerprint density at radius 2 is 1.13 bits per heavy atom. The van der Waals surface area contributed by atoms with Crippen LogP contribution in [0.5, 0.6) is 0 Å². The molecule has 0 radical (unpaired) electrons. The van der Waals surface area contributed by atoms with Crippen molar-refractivity contribution in [2.45, 2.75) is 27.7 Å². The van der Waals surface area contributed by atoms with Crippen LogP contribution in [0.4, 0.5) is 0 Å². The van der Waals surface area contributed by atoms with Crippen molar-refractivity contribution in [3.05, 3.63) is 0 Å². The fourth-order valence-corrected chi connectivity index (χ4v) is 2.64.